The quantitative estimate of drug-likeness (QED) is 0.339. The van der Waals surface area contributed by atoms with Crippen molar-refractivity contribution in [2.75, 3.05) is 11.3 Å². The summed E-state index contributed by atoms with van der Waals surface area (Å²) >= 11 is 1.75. The van der Waals surface area contributed by atoms with E-state index < -0.39 is 0 Å². The lowest BCUT2D eigenvalue weighted by Gasteiger charge is -2.19. The van der Waals surface area contributed by atoms with Crippen LogP contribution >= 0.6 is 11.8 Å². The molecule has 0 amide bonds. The lowest BCUT2D eigenvalue weighted by atomic mass is 10.2. The third kappa shape index (κ3) is 4.49. The second-order valence-corrected chi connectivity index (χ2v) is 6.28. The van der Waals surface area contributed by atoms with Crippen LogP contribution in [-0.2, 0) is 6.54 Å². The Morgan fingerprint density at radius 2 is 1.46 bits per heavy atom. The molecule has 2 nitrogen and oxygen atoms in total. The van der Waals surface area contributed by atoms with E-state index in [2.05, 4.69) is 66.9 Å². The lowest BCUT2D eigenvalue weighted by molar-refractivity contribution is 0.858. The lowest BCUT2D eigenvalue weighted by Crippen LogP contribution is -2.15. The molecule has 0 atom stereocenters. The first-order valence-corrected chi connectivity index (χ1v) is 9.12. The van der Waals surface area contributed by atoms with Crippen LogP contribution < -0.4 is 5.01 Å². The molecule has 120 valence electrons. The van der Waals surface area contributed by atoms with E-state index in [-0.39, 0.29) is 0 Å². The molecular formula is C21H20N2S. The van der Waals surface area contributed by atoms with E-state index in [1.54, 1.807) is 11.8 Å². The first-order valence-electron chi connectivity index (χ1n) is 7.90. The molecule has 24 heavy (non-hydrogen) atoms. The maximum atomic E-state index is 4.72. The molecule has 0 spiro atoms. The van der Waals surface area contributed by atoms with Crippen molar-refractivity contribution in [1.29, 1.82) is 0 Å². The van der Waals surface area contributed by atoms with Crippen molar-refractivity contribution in [3.8, 4) is 0 Å². The number of hydrogen-bond donors (Lipinski definition) is 0. The highest BCUT2D eigenvalue weighted by Gasteiger charge is 2.05. The third-order valence-electron chi connectivity index (χ3n) is 3.69. The number of hydrazone groups is 1. The second kappa shape index (κ2) is 8.37. The van der Waals surface area contributed by atoms with Crippen LogP contribution in [0.25, 0.3) is 0 Å². The van der Waals surface area contributed by atoms with E-state index in [4.69, 9.17) is 5.10 Å². The Morgan fingerprint density at radius 1 is 0.833 bits per heavy atom. The zero-order valence-corrected chi connectivity index (χ0v) is 14.5. The van der Waals surface area contributed by atoms with Gasteiger partial charge in [0.25, 0.3) is 0 Å². The number of anilines is 1. The van der Waals surface area contributed by atoms with Crippen molar-refractivity contribution >= 4 is 23.7 Å². The van der Waals surface area contributed by atoms with Crippen LogP contribution in [0.4, 0.5) is 5.69 Å². The molecule has 0 aliphatic heterocycles. The first-order chi connectivity index (χ1) is 11.8. The third-order valence-corrected chi connectivity index (χ3v) is 4.43. The van der Waals surface area contributed by atoms with Gasteiger partial charge in [-0.15, -0.1) is 11.8 Å². The second-order valence-electron chi connectivity index (χ2n) is 5.40. The van der Waals surface area contributed by atoms with Gasteiger partial charge in [0.2, 0.25) is 0 Å². The summed E-state index contributed by atoms with van der Waals surface area (Å²) in [5.74, 6) is 0. The van der Waals surface area contributed by atoms with Gasteiger partial charge in [-0.25, -0.2) is 0 Å². The number of thioether (sulfide) groups is 1. The van der Waals surface area contributed by atoms with E-state index in [0.29, 0.717) is 0 Å². The highest BCUT2D eigenvalue weighted by molar-refractivity contribution is 7.98. The number of hydrogen-bond acceptors (Lipinski definition) is 3. The molecule has 0 aromatic heterocycles. The molecule has 3 aromatic rings. The minimum absolute atomic E-state index is 0.740. The van der Waals surface area contributed by atoms with Crippen molar-refractivity contribution in [3.05, 3.63) is 96.1 Å². The van der Waals surface area contributed by atoms with E-state index in [9.17, 15) is 0 Å². The Morgan fingerprint density at radius 3 is 2.08 bits per heavy atom. The summed E-state index contributed by atoms with van der Waals surface area (Å²) in [5.41, 5.74) is 3.41. The molecule has 0 aliphatic rings. The normalized spacial score (nSPS) is 10.9. The topological polar surface area (TPSA) is 15.6 Å². The van der Waals surface area contributed by atoms with Gasteiger partial charge in [-0.05, 0) is 41.6 Å². The van der Waals surface area contributed by atoms with Gasteiger partial charge in [0, 0.05) is 4.90 Å². The predicted molar refractivity (Wildman–Crippen MR) is 105 cm³/mol. The molecule has 0 saturated carbocycles. The molecule has 0 fully saturated rings. The molecule has 0 radical (unpaired) electrons. The van der Waals surface area contributed by atoms with Gasteiger partial charge < -0.3 is 0 Å². The van der Waals surface area contributed by atoms with Gasteiger partial charge in [-0.1, -0.05) is 60.7 Å². The van der Waals surface area contributed by atoms with Crippen LogP contribution in [0.1, 0.15) is 11.1 Å². The molecule has 0 saturated heterocycles. The number of rotatable bonds is 6. The molecule has 0 N–H and O–H groups in total. The number of para-hydroxylation sites is 1. The summed E-state index contributed by atoms with van der Waals surface area (Å²) in [5, 5.41) is 6.74. The first kappa shape index (κ1) is 16.3. The minimum Gasteiger partial charge on any atom is -0.261 e. The van der Waals surface area contributed by atoms with Crippen molar-refractivity contribution in [2.45, 2.75) is 11.4 Å². The zero-order valence-electron chi connectivity index (χ0n) is 13.7. The average molecular weight is 332 g/mol. The Bertz CT molecular complexity index is 768. The van der Waals surface area contributed by atoms with Gasteiger partial charge in [-0.3, -0.25) is 5.01 Å². The monoisotopic (exact) mass is 332 g/mol. The minimum atomic E-state index is 0.740. The zero-order chi connectivity index (χ0) is 16.6. The van der Waals surface area contributed by atoms with Crippen LogP contribution in [-0.4, -0.2) is 12.5 Å². The summed E-state index contributed by atoms with van der Waals surface area (Å²) in [4.78, 5) is 1.26. The van der Waals surface area contributed by atoms with E-state index in [0.717, 1.165) is 17.8 Å². The molecule has 0 bridgehead atoms. The van der Waals surface area contributed by atoms with E-state index >= 15 is 0 Å². The highest BCUT2D eigenvalue weighted by atomic mass is 32.2. The summed E-state index contributed by atoms with van der Waals surface area (Å²) in [6, 6.07) is 29.1. The Kier molecular flexibility index (Phi) is 5.70. The van der Waals surface area contributed by atoms with Crippen LogP contribution in [0.3, 0.4) is 0 Å². The van der Waals surface area contributed by atoms with Crippen molar-refractivity contribution in [1.82, 2.24) is 0 Å². The number of benzene rings is 3. The molecule has 0 aliphatic carbocycles. The summed E-state index contributed by atoms with van der Waals surface area (Å²) < 4.78 is 0. The van der Waals surface area contributed by atoms with Crippen LogP contribution in [0.2, 0.25) is 0 Å². The smallest absolute Gasteiger partial charge is 0.0666 e. The SMILES string of the molecule is CSc1ccc(/C=N/N(Cc2ccccc2)c2ccccc2)cc1. The fraction of sp³-hybridized carbons (Fsp3) is 0.0952. The number of nitrogens with zero attached hydrogens (tertiary/aromatic N) is 2. The largest absolute Gasteiger partial charge is 0.261 e. The van der Waals surface area contributed by atoms with E-state index in [1.807, 2.05) is 35.5 Å². The van der Waals surface area contributed by atoms with Gasteiger partial charge in [0.1, 0.15) is 0 Å². The summed E-state index contributed by atoms with van der Waals surface area (Å²) in [7, 11) is 0. The predicted octanol–water partition coefficient (Wildman–Crippen LogP) is 5.45. The Hall–Kier alpha value is -2.52. The summed E-state index contributed by atoms with van der Waals surface area (Å²) in [6.45, 7) is 0.740. The molecule has 3 heteroatoms. The van der Waals surface area contributed by atoms with Crippen LogP contribution in [0.15, 0.2) is 94.9 Å². The fourth-order valence-corrected chi connectivity index (χ4v) is 2.79. The average Bonchev–Trinajstić information content (AvgIpc) is 2.67. The molecular weight excluding hydrogens is 312 g/mol. The summed E-state index contributed by atoms with van der Waals surface area (Å²) in [6.07, 6.45) is 4.00. The van der Waals surface area contributed by atoms with E-state index in [1.165, 1.54) is 10.5 Å². The fourth-order valence-electron chi connectivity index (χ4n) is 2.38. The molecule has 3 aromatic carbocycles. The molecule has 3 rings (SSSR count). The molecule has 0 unspecified atom stereocenters. The van der Waals surface area contributed by atoms with Crippen molar-refractivity contribution in [2.24, 2.45) is 5.10 Å². The van der Waals surface area contributed by atoms with Gasteiger partial charge in [-0.2, -0.15) is 5.10 Å². The Labute approximate surface area is 147 Å². The van der Waals surface area contributed by atoms with Gasteiger partial charge in [0.15, 0.2) is 0 Å². The Balaban J connectivity index is 1.82. The van der Waals surface area contributed by atoms with Crippen molar-refractivity contribution in [3.63, 3.8) is 0 Å². The standard InChI is InChI=1S/C21H20N2S/c1-24-21-14-12-18(13-15-21)16-22-23(20-10-6-3-7-11-20)17-19-8-4-2-5-9-19/h2-16H,17H2,1H3/b22-16+. The highest BCUT2D eigenvalue weighted by Crippen LogP contribution is 2.18. The van der Waals surface area contributed by atoms with Crippen molar-refractivity contribution < 1.29 is 0 Å². The van der Waals surface area contributed by atoms with Gasteiger partial charge in [0.05, 0.1) is 18.4 Å². The maximum absolute atomic E-state index is 4.72. The maximum Gasteiger partial charge on any atom is 0.0666 e. The van der Waals surface area contributed by atoms with Crippen LogP contribution in [0, 0.1) is 0 Å². The molecule has 0 heterocycles. The van der Waals surface area contributed by atoms with Crippen LogP contribution in [0.5, 0.6) is 0 Å². The van der Waals surface area contributed by atoms with Gasteiger partial charge >= 0.3 is 0 Å².